The SMILES string of the molecule is Cc1cc2cccc(S(=O)(=O)NC/C=C/CN)c2nc1Cl. The number of nitrogens with zero attached hydrogens (tertiary/aromatic N) is 1. The zero-order valence-electron chi connectivity index (χ0n) is 11.5. The van der Waals surface area contributed by atoms with Crippen LogP contribution >= 0.6 is 11.6 Å². The third kappa shape index (κ3) is 3.59. The van der Waals surface area contributed by atoms with Crippen molar-refractivity contribution < 1.29 is 8.42 Å². The first-order valence-corrected chi connectivity index (χ1v) is 8.22. The van der Waals surface area contributed by atoms with E-state index in [1.165, 1.54) is 6.07 Å². The number of aromatic nitrogens is 1. The molecule has 0 saturated carbocycles. The predicted molar refractivity (Wildman–Crippen MR) is 84.9 cm³/mol. The van der Waals surface area contributed by atoms with E-state index in [4.69, 9.17) is 17.3 Å². The van der Waals surface area contributed by atoms with Crippen LogP contribution in [0.25, 0.3) is 10.9 Å². The quantitative estimate of drug-likeness (QED) is 0.650. The monoisotopic (exact) mass is 325 g/mol. The van der Waals surface area contributed by atoms with Gasteiger partial charge in [-0.15, -0.1) is 0 Å². The summed E-state index contributed by atoms with van der Waals surface area (Å²) in [6.45, 7) is 2.37. The second-order valence-corrected chi connectivity index (χ2v) is 6.58. The molecule has 0 radical (unpaired) electrons. The number of benzene rings is 1. The van der Waals surface area contributed by atoms with Gasteiger partial charge in [-0.1, -0.05) is 35.9 Å². The molecule has 0 aliphatic rings. The van der Waals surface area contributed by atoms with Gasteiger partial charge in [-0.2, -0.15) is 0 Å². The van der Waals surface area contributed by atoms with Crippen LogP contribution in [0.5, 0.6) is 0 Å². The first-order valence-electron chi connectivity index (χ1n) is 6.36. The summed E-state index contributed by atoms with van der Waals surface area (Å²) in [5.41, 5.74) is 6.47. The predicted octanol–water partition coefficient (Wildman–Crippen LogP) is 1.99. The number of halogens is 1. The van der Waals surface area contributed by atoms with Gasteiger partial charge in [0.25, 0.3) is 0 Å². The number of nitrogens with two attached hydrogens (primary N) is 1. The van der Waals surface area contributed by atoms with Crippen LogP contribution in [0.3, 0.4) is 0 Å². The topological polar surface area (TPSA) is 85.1 Å². The van der Waals surface area contributed by atoms with Crippen LogP contribution in [0.4, 0.5) is 0 Å². The second-order valence-electron chi connectivity index (χ2n) is 4.48. The molecule has 0 bridgehead atoms. The smallest absolute Gasteiger partial charge is 0.243 e. The highest BCUT2D eigenvalue weighted by Crippen LogP contribution is 2.25. The van der Waals surface area contributed by atoms with Gasteiger partial charge in [0, 0.05) is 18.5 Å². The lowest BCUT2D eigenvalue weighted by Crippen LogP contribution is -2.24. The molecule has 2 rings (SSSR count). The van der Waals surface area contributed by atoms with E-state index >= 15 is 0 Å². The molecule has 1 aromatic carbocycles. The minimum atomic E-state index is -3.66. The molecule has 0 atom stereocenters. The van der Waals surface area contributed by atoms with Crippen molar-refractivity contribution in [3.05, 3.63) is 47.1 Å². The highest BCUT2D eigenvalue weighted by atomic mass is 35.5. The summed E-state index contributed by atoms with van der Waals surface area (Å²) < 4.78 is 27.2. The third-order valence-corrected chi connectivity index (χ3v) is 4.76. The summed E-state index contributed by atoms with van der Waals surface area (Å²) >= 11 is 6.00. The van der Waals surface area contributed by atoms with Crippen molar-refractivity contribution in [1.82, 2.24) is 9.71 Å². The minimum absolute atomic E-state index is 0.114. The fourth-order valence-electron chi connectivity index (χ4n) is 1.89. The second kappa shape index (κ2) is 6.53. The van der Waals surface area contributed by atoms with E-state index in [9.17, 15) is 8.42 Å². The maximum absolute atomic E-state index is 12.3. The number of aryl methyl sites for hydroxylation is 1. The largest absolute Gasteiger partial charge is 0.327 e. The van der Waals surface area contributed by atoms with Crippen molar-refractivity contribution in [2.75, 3.05) is 13.1 Å². The molecular formula is C14H16ClN3O2S. The van der Waals surface area contributed by atoms with Gasteiger partial charge in [-0.3, -0.25) is 0 Å². The van der Waals surface area contributed by atoms with Gasteiger partial charge in [0.05, 0.1) is 5.52 Å². The lowest BCUT2D eigenvalue weighted by Gasteiger charge is -2.09. The lowest BCUT2D eigenvalue weighted by molar-refractivity contribution is 0.586. The molecule has 0 aliphatic carbocycles. The summed E-state index contributed by atoms with van der Waals surface area (Å²) in [4.78, 5) is 4.31. The molecule has 0 unspecified atom stereocenters. The molecule has 0 spiro atoms. The Hall–Kier alpha value is -1.47. The summed E-state index contributed by atoms with van der Waals surface area (Å²) in [7, 11) is -3.66. The van der Waals surface area contributed by atoms with E-state index in [0.717, 1.165) is 10.9 Å². The van der Waals surface area contributed by atoms with Gasteiger partial charge in [-0.25, -0.2) is 18.1 Å². The number of rotatable bonds is 5. The summed E-state index contributed by atoms with van der Waals surface area (Å²) in [5.74, 6) is 0. The molecule has 7 heteroatoms. The molecule has 3 N–H and O–H groups in total. The van der Waals surface area contributed by atoms with E-state index in [0.29, 0.717) is 17.2 Å². The average Bonchev–Trinajstić information content (AvgIpc) is 2.44. The van der Waals surface area contributed by atoms with E-state index in [1.807, 2.05) is 13.0 Å². The Morgan fingerprint density at radius 2 is 2.14 bits per heavy atom. The Balaban J connectivity index is 2.46. The van der Waals surface area contributed by atoms with Crippen LogP contribution < -0.4 is 10.5 Å². The molecule has 1 aromatic heterocycles. The average molecular weight is 326 g/mol. The Kier molecular flexibility index (Phi) is 4.95. The van der Waals surface area contributed by atoms with E-state index in [-0.39, 0.29) is 11.4 Å². The highest BCUT2D eigenvalue weighted by Gasteiger charge is 2.18. The molecule has 112 valence electrons. The van der Waals surface area contributed by atoms with Gasteiger partial charge < -0.3 is 5.73 Å². The van der Waals surface area contributed by atoms with E-state index in [1.54, 1.807) is 24.3 Å². The van der Waals surface area contributed by atoms with Crippen LogP contribution in [0, 0.1) is 6.92 Å². The van der Waals surface area contributed by atoms with Crippen LogP contribution in [-0.4, -0.2) is 26.5 Å². The van der Waals surface area contributed by atoms with Crippen molar-refractivity contribution in [3.63, 3.8) is 0 Å². The maximum atomic E-state index is 12.3. The fraction of sp³-hybridized carbons (Fsp3) is 0.214. The molecule has 0 fully saturated rings. The Morgan fingerprint density at radius 3 is 2.86 bits per heavy atom. The lowest BCUT2D eigenvalue weighted by atomic mass is 10.2. The zero-order chi connectivity index (χ0) is 15.5. The van der Waals surface area contributed by atoms with Crippen LogP contribution in [0.2, 0.25) is 5.15 Å². The first-order chi connectivity index (χ1) is 9.95. The molecular weight excluding hydrogens is 310 g/mol. The van der Waals surface area contributed by atoms with Crippen molar-refractivity contribution in [3.8, 4) is 0 Å². The van der Waals surface area contributed by atoms with Crippen LogP contribution in [0.15, 0.2) is 41.3 Å². The van der Waals surface area contributed by atoms with Gasteiger partial charge >= 0.3 is 0 Å². The van der Waals surface area contributed by atoms with Crippen molar-refractivity contribution in [1.29, 1.82) is 0 Å². The molecule has 0 aliphatic heterocycles. The van der Waals surface area contributed by atoms with Crippen LogP contribution in [-0.2, 0) is 10.0 Å². The van der Waals surface area contributed by atoms with Crippen molar-refractivity contribution >= 4 is 32.5 Å². The molecule has 5 nitrogen and oxygen atoms in total. The van der Waals surface area contributed by atoms with E-state index in [2.05, 4.69) is 9.71 Å². The molecule has 1 heterocycles. The highest BCUT2D eigenvalue weighted by molar-refractivity contribution is 7.89. The Bertz CT molecular complexity index is 788. The number of fused-ring (bicyclic) bond motifs is 1. The van der Waals surface area contributed by atoms with Gasteiger partial charge in [-0.05, 0) is 24.6 Å². The van der Waals surface area contributed by atoms with Crippen molar-refractivity contribution in [2.24, 2.45) is 5.73 Å². The number of pyridine rings is 1. The Labute approximate surface area is 128 Å². The summed E-state index contributed by atoms with van der Waals surface area (Å²) in [5, 5.41) is 1.03. The maximum Gasteiger partial charge on any atom is 0.243 e. The number of para-hydroxylation sites is 1. The minimum Gasteiger partial charge on any atom is -0.327 e. The fourth-order valence-corrected chi connectivity index (χ4v) is 3.17. The third-order valence-electron chi connectivity index (χ3n) is 2.92. The van der Waals surface area contributed by atoms with Crippen molar-refractivity contribution in [2.45, 2.75) is 11.8 Å². The Morgan fingerprint density at radius 1 is 1.38 bits per heavy atom. The van der Waals surface area contributed by atoms with Gasteiger partial charge in [0.2, 0.25) is 10.0 Å². The molecule has 2 aromatic rings. The van der Waals surface area contributed by atoms with Gasteiger partial charge in [0.1, 0.15) is 10.0 Å². The first kappa shape index (κ1) is 15.9. The van der Waals surface area contributed by atoms with Crippen LogP contribution in [0.1, 0.15) is 5.56 Å². The summed E-state index contributed by atoms with van der Waals surface area (Å²) in [6.07, 6.45) is 3.34. The molecule has 21 heavy (non-hydrogen) atoms. The number of hydrogen-bond donors (Lipinski definition) is 2. The molecule has 0 amide bonds. The van der Waals surface area contributed by atoms with Gasteiger partial charge in [0.15, 0.2) is 0 Å². The zero-order valence-corrected chi connectivity index (χ0v) is 13.1. The number of nitrogens with one attached hydrogen (secondary N) is 1. The normalized spacial score (nSPS) is 12.3. The number of sulfonamides is 1. The summed E-state index contributed by atoms with van der Waals surface area (Å²) in [6, 6.07) is 6.81. The number of hydrogen-bond acceptors (Lipinski definition) is 4. The molecule has 0 saturated heterocycles. The van der Waals surface area contributed by atoms with E-state index < -0.39 is 10.0 Å². The standard InChI is InChI=1S/C14H16ClN3O2S/c1-10-9-11-5-4-6-12(13(11)18-14(10)15)21(19,20)17-8-3-2-7-16/h2-6,9,17H,7-8,16H2,1H3/b3-2+.